The molecule has 0 atom stereocenters. The van der Waals surface area contributed by atoms with E-state index < -0.39 is 5.97 Å². The van der Waals surface area contributed by atoms with Gasteiger partial charge in [0, 0.05) is 0 Å². The van der Waals surface area contributed by atoms with E-state index in [0.29, 0.717) is 17.9 Å². The summed E-state index contributed by atoms with van der Waals surface area (Å²) in [5.74, 6) is -0.255. The van der Waals surface area contributed by atoms with Crippen LogP contribution in [0.3, 0.4) is 0 Å². The van der Waals surface area contributed by atoms with Crippen LogP contribution in [0.25, 0.3) is 0 Å². The fourth-order valence-electron chi connectivity index (χ4n) is 2.63. The predicted octanol–water partition coefficient (Wildman–Crippen LogP) is 3.58. The van der Waals surface area contributed by atoms with Crippen molar-refractivity contribution < 1.29 is 14.6 Å². The van der Waals surface area contributed by atoms with Crippen LogP contribution in [0, 0.1) is 0 Å². The van der Waals surface area contributed by atoms with E-state index in [-0.39, 0.29) is 0 Å². The summed E-state index contributed by atoms with van der Waals surface area (Å²) in [6.07, 6.45) is 10.1. The summed E-state index contributed by atoms with van der Waals surface area (Å²) in [7, 11) is 0. The van der Waals surface area contributed by atoms with E-state index in [4.69, 9.17) is 4.74 Å². The number of hydrogen-bond acceptors (Lipinski definition) is 2. The molecule has 1 N–H and O–H groups in total. The normalized spacial score (nSPS) is 20.3. The molecule has 18 heavy (non-hydrogen) atoms. The molecule has 0 saturated carbocycles. The smallest absolute Gasteiger partial charge is 0.339 e. The second-order valence-corrected chi connectivity index (χ2v) is 4.69. The SMILES string of the molecule is CCOC(C1=CCCC1)=C(C(=O)O)C1=CCCC1. The predicted molar refractivity (Wildman–Crippen MR) is 70.2 cm³/mol. The first-order chi connectivity index (χ1) is 8.74. The van der Waals surface area contributed by atoms with Crippen LogP contribution in [0.1, 0.15) is 45.4 Å². The first-order valence-corrected chi connectivity index (χ1v) is 6.73. The van der Waals surface area contributed by atoms with Crippen molar-refractivity contribution >= 4 is 5.97 Å². The van der Waals surface area contributed by atoms with E-state index in [9.17, 15) is 9.90 Å². The van der Waals surface area contributed by atoms with Gasteiger partial charge in [-0.15, -0.1) is 0 Å². The molecule has 0 saturated heterocycles. The third-order valence-electron chi connectivity index (χ3n) is 3.42. The van der Waals surface area contributed by atoms with Gasteiger partial charge < -0.3 is 9.84 Å². The topological polar surface area (TPSA) is 46.5 Å². The van der Waals surface area contributed by atoms with E-state index in [1.54, 1.807) is 0 Å². The number of allylic oxidation sites excluding steroid dienone is 3. The van der Waals surface area contributed by atoms with E-state index in [0.717, 1.165) is 49.7 Å². The van der Waals surface area contributed by atoms with Gasteiger partial charge in [0.2, 0.25) is 0 Å². The lowest BCUT2D eigenvalue weighted by Gasteiger charge is -2.15. The molecule has 0 unspecified atom stereocenters. The van der Waals surface area contributed by atoms with Crippen LogP contribution >= 0.6 is 0 Å². The van der Waals surface area contributed by atoms with Crippen molar-refractivity contribution in [1.29, 1.82) is 0 Å². The second-order valence-electron chi connectivity index (χ2n) is 4.69. The summed E-state index contributed by atoms with van der Waals surface area (Å²) < 4.78 is 5.65. The lowest BCUT2D eigenvalue weighted by molar-refractivity contribution is -0.132. The molecule has 2 aliphatic rings. The fraction of sp³-hybridized carbons (Fsp3) is 0.533. The van der Waals surface area contributed by atoms with Crippen LogP contribution in [0.15, 0.2) is 34.6 Å². The largest absolute Gasteiger partial charge is 0.493 e. The molecule has 0 spiro atoms. The van der Waals surface area contributed by atoms with Gasteiger partial charge in [-0.25, -0.2) is 4.79 Å². The van der Waals surface area contributed by atoms with Gasteiger partial charge in [0.15, 0.2) is 0 Å². The van der Waals surface area contributed by atoms with E-state index in [2.05, 4.69) is 6.08 Å². The Morgan fingerprint density at radius 3 is 2.28 bits per heavy atom. The third kappa shape index (κ3) is 2.66. The van der Waals surface area contributed by atoms with Crippen LogP contribution in [0.5, 0.6) is 0 Å². The number of carboxylic acids is 1. The van der Waals surface area contributed by atoms with Gasteiger partial charge in [0.1, 0.15) is 11.3 Å². The third-order valence-corrected chi connectivity index (χ3v) is 3.42. The zero-order chi connectivity index (χ0) is 13.0. The molecule has 2 aliphatic carbocycles. The minimum Gasteiger partial charge on any atom is -0.493 e. The maximum absolute atomic E-state index is 11.6. The van der Waals surface area contributed by atoms with Gasteiger partial charge in [-0.05, 0) is 56.6 Å². The maximum atomic E-state index is 11.6. The van der Waals surface area contributed by atoms with Gasteiger partial charge >= 0.3 is 5.97 Å². The zero-order valence-corrected chi connectivity index (χ0v) is 10.9. The Morgan fingerprint density at radius 2 is 1.83 bits per heavy atom. The Kier molecular flexibility index (Phi) is 4.24. The Labute approximate surface area is 108 Å². The van der Waals surface area contributed by atoms with Gasteiger partial charge in [0.05, 0.1) is 6.61 Å². The van der Waals surface area contributed by atoms with Crippen molar-refractivity contribution in [3.63, 3.8) is 0 Å². The van der Waals surface area contributed by atoms with E-state index >= 15 is 0 Å². The zero-order valence-electron chi connectivity index (χ0n) is 10.9. The van der Waals surface area contributed by atoms with Crippen molar-refractivity contribution in [3.05, 3.63) is 34.6 Å². The molecule has 0 fully saturated rings. The van der Waals surface area contributed by atoms with Crippen molar-refractivity contribution in [2.24, 2.45) is 0 Å². The number of ether oxygens (including phenoxy) is 1. The quantitative estimate of drug-likeness (QED) is 0.597. The molecule has 0 radical (unpaired) electrons. The highest BCUT2D eigenvalue weighted by Gasteiger charge is 2.25. The lowest BCUT2D eigenvalue weighted by Crippen LogP contribution is -2.10. The summed E-state index contributed by atoms with van der Waals surface area (Å²) in [6.45, 7) is 2.41. The highest BCUT2D eigenvalue weighted by molar-refractivity contribution is 5.93. The van der Waals surface area contributed by atoms with Crippen LogP contribution in [-0.2, 0) is 9.53 Å². The maximum Gasteiger partial charge on any atom is 0.339 e. The van der Waals surface area contributed by atoms with Gasteiger partial charge in [-0.2, -0.15) is 0 Å². The summed E-state index contributed by atoms with van der Waals surface area (Å²) in [6, 6.07) is 0. The van der Waals surface area contributed by atoms with E-state index in [1.165, 1.54) is 0 Å². The van der Waals surface area contributed by atoms with Crippen molar-refractivity contribution in [3.8, 4) is 0 Å². The van der Waals surface area contributed by atoms with Crippen molar-refractivity contribution in [1.82, 2.24) is 0 Å². The molecule has 0 aromatic carbocycles. The van der Waals surface area contributed by atoms with Crippen LogP contribution in [0.2, 0.25) is 0 Å². The summed E-state index contributed by atoms with van der Waals surface area (Å²) in [5.41, 5.74) is 2.41. The molecule has 0 aliphatic heterocycles. The highest BCUT2D eigenvalue weighted by Crippen LogP contribution is 2.34. The Hall–Kier alpha value is -1.51. The molecule has 0 bridgehead atoms. The molecule has 3 heteroatoms. The highest BCUT2D eigenvalue weighted by atomic mass is 16.5. The standard InChI is InChI=1S/C15H20O3/c1-2-18-14(12-9-5-6-10-12)13(15(16)17)11-7-3-4-8-11/h7,9H,2-6,8,10H2,1H3,(H,16,17). The molecule has 0 aromatic heterocycles. The Morgan fingerprint density at radius 1 is 1.22 bits per heavy atom. The van der Waals surface area contributed by atoms with Gasteiger partial charge in [-0.3, -0.25) is 0 Å². The van der Waals surface area contributed by atoms with Gasteiger partial charge in [-0.1, -0.05) is 12.2 Å². The van der Waals surface area contributed by atoms with Crippen molar-refractivity contribution in [2.45, 2.75) is 45.4 Å². The summed E-state index contributed by atoms with van der Waals surface area (Å²) >= 11 is 0. The average Bonchev–Trinajstić information content (AvgIpc) is 3.01. The van der Waals surface area contributed by atoms with Crippen molar-refractivity contribution in [2.75, 3.05) is 6.61 Å². The van der Waals surface area contributed by atoms with Crippen LogP contribution < -0.4 is 0 Å². The monoisotopic (exact) mass is 248 g/mol. The summed E-state index contributed by atoms with van der Waals surface area (Å²) in [5, 5.41) is 9.49. The number of carbonyl (C=O) groups is 1. The van der Waals surface area contributed by atoms with Crippen LogP contribution in [0.4, 0.5) is 0 Å². The number of rotatable bonds is 5. The minimum absolute atomic E-state index is 0.391. The first-order valence-electron chi connectivity index (χ1n) is 6.73. The number of carboxylic acid groups (broad SMARTS) is 1. The second kappa shape index (κ2) is 5.89. The molecule has 0 amide bonds. The lowest BCUT2D eigenvalue weighted by atomic mass is 10.00. The molecule has 3 nitrogen and oxygen atoms in total. The van der Waals surface area contributed by atoms with E-state index in [1.807, 2.05) is 13.0 Å². The molecule has 0 heterocycles. The van der Waals surface area contributed by atoms with Gasteiger partial charge in [0.25, 0.3) is 0 Å². The first kappa shape index (κ1) is 12.9. The Bertz CT molecular complexity index is 427. The summed E-state index contributed by atoms with van der Waals surface area (Å²) in [4.78, 5) is 11.6. The molecular formula is C15H20O3. The molecular weight excluding hydrogens is 228 g/mol. The molecule has 2 rings (SSSR count). The minimum atomic E-state index is -0.862. The average molecular weight is 248 g/mol. The molecule has 98 valence electrons. The number of aliphatic carboxylic acids is 1. The number of hydrogen-bond donors (Lipinski definition) is 1. The fourth-order valence-corrected chi connectivity index (χ4v) is 2.63. The van der Waals surface area contributed by atoms with Crippen LogP contribution in [-0.4, -0.2) is 17.7 Å². The Balaban J connectivity index is 2.42. The molecule has 0 aromatic rings.